The average molecular weight is 292 g/mol. The molecule has 108 valence electrons. The summed E-state index contributed by atoms with van der Waals surface area (Å²) in [6.07, 6.45) is 0. The van der Waals surface area contributed by atoms with Crippen LogP contribution in [0.3, 0.4) is 0 Å². The third-order valence-electron chi connectivity index (χ3n) is 3.05. The Hall–Kier alpha value is -3.15. The third-order valence-corrected chi connectivity index (χ3v) is 3.05. The zero-order valence-corrected chi connectivity index (χ0v) is 11.8. The molecular formula is C16H12N4O2. The van der Waals surface area contributed by atoms with Crippen LogP contribution in [0.25, 0.3) is 5.70 Å². The smallest absolute Gasteiger partial charge is 0.318 e. The number of hydrogen-bond donors (Lipinski definition) is 0. The van der Waals surface area contributed by atoms with Crippen molar-refractivity contribution in [3.8, 4) is 5.75 Å². The van der Waals surface area contributed by atoms with Crippen LogP contribution in [0.1, 0.15) is 5.56 Å². The van der Waals surface area contributed by atoms with Gasteiger partial charge in [0.25, 0.3) is 0 Å². The number of ether oxygens (including phenoxy) is 1. The van der Waals surface area contributed by atoms with E-state index >= 15 is 0 Å². The van der Waals surface area contributed by atoms with Gasteiger partial charge in [-0.05, 0) is 24.3 Å². The number of benzene rings is 2. The van der Waals surface area contributed by atoms with E-state index in [9.17, 15) is 4.79 Å². The Bertz CT molecular complexity index is 778. The van der Waals surface area contributed by atoms with E-state index in [2.05, 4.69) is 20.5 Å². The van der Waals surface area contributed by atoms with Crippen molar-refractivity contribution in [2.24, 2.45) is 20.5 Å². The van der Waals surface area contributed by atoms with Crippen LogP contribution in [-0.2, 0) is 4.79 Å². The molecule has 0 N–H and O–H groups in total. The molecule has 0 spiro atoms. The van der Waals surface area contributed by atoms with Crippen molar-refractivity contribution in [3.05, 3.63) is 65.9 Å². The molecule has 3 rings (SSSR count). The van der Waals surface area contributed by atoms with Crippen molar-refractivity contribution in [2.45, 2.75) is 0 Å². The molecular weight excluding hydrogens is 280 g/mol. The fourth-order valence-electron chi connectivity index (χ4n) is 1.93. The Balaban J connectivity index is 1.91. The minimum Gasteiger partial charge on any atom is -0.497 e. The van der Waals surface area contributed by atoms with Gasteiger partial charge >= 0.3 is 5.91 Å². The lowest BCUT2D eigenvalue weighted by Gasteiger charge is -1.99. The minimum absolute atomic E-state index is 0.141. The highest BCUT2D eigenvalue weighted by atomic mass is 16.5. The molecule has 2 aromatic rings. The summed E-state index contributed by atoms with van der Waals surface area (Å²) < 4.78 is 5.07. The SMILES string of the molecule is COc1ccc(N=NC2=C(c3ccccc3)N=NC2=O)cc1. The second kappa shape index (κ2) is 6.09. The number of carbonyl (C=O) groups excluding carboxylic acids is 1. The number of hydrogen-bond acceptors (Lipinski definition) is 5. The topological polar surface area (TPSA) is 75.7 Å². The van der Waals surface area contributed by atoms with Crippen LogP contribution in [-0.4, -0.2) is 13.0 Å². The van der Waals surface area contributed by atoms with E-state index in [1.165, 1.54) is 0 Å². The molecule has 22 heavy (non-hydrogen) atoms. The molecule has 0 saturated heterocycles. The van der Waals surface area contributed by atoms with Crippen molar-refractivity contribution >= 4 is 17.3 Å². The van der Waals surface area contributed by atoms with Gasteiger partial charge in [-0.25, -0.2) is 0 Å². The van der Waals surface area contributed by atoms with Gasteiger partial charge in [0.2, 0.25) is 0 Å². The highest BCUT2D eigenvalue weighted by Crippen LogP contribution is 2.28. The fraction of sp³-hybridized carbons (Fsp3) is 0.0625. The average Bonchev–Trinajstić information content (AvgIpc) is 2.95. The lowest BCUT2D eigenvalue weighted by molar-refractivity contribution is -0.114. The summed E-state index contributed by atoms with van der Waals surface area (Å²) in [5.74, 6) is 0.237. The first-order chi connectivity index (χ1) is 10.8. The molecule has 2 aromatic carbocycles. The zero-order valence-electron chi connectivity index (χ0n) is 11.8. The fourth-order valence-corrected chi connectivity index (χ4v) is 1.93. The van der Waals surface area contributed by atoms with Crippen LogP contribution in [0.4, 0.5) is 5.69 Å². The quantitative estimate of drug-likeness (QED) is 0.794. The zero-order chi connectivity index (χ0) is 15.4. The Morgan fingerprint density at radius 2 is 1.64 bits per heavy atom. The van der Waals surface area contributed by atoms with Gasteiger partial charge in [0.05, 0.1) is 12.8 Å². The Morgan fingerprint density at radius 3 is 2.32 bits per heavy atom. The van der Waals surface area contributed by atoms with Gasteiger partial charge < -0.3 is 4.74 Å². The molecule has 1 amide bonds. The molecule has 0 atom stereocenters. The molecule has 1 aliphatic rings. The number of nitrogens with zero attached hydrogens (tertiary/aromatic N) is 4. The molecule has 1 heterocycles. The minimum atomic E-state index is -0.490. The summed E-state index contributed by atoms with van der Waals surface area (Å²) in [4.78, 5) is 11.8. The third kappa shape index (κ3) is 2.80. The summed E-state index contributed by atoms with van der Waals surface area (Å²) in [5, 5.41) is 15.5. The Morgan fingerprint density at radius 1 is 0.909 bits per heavy atom. The van der Waals surface area contributed by atoms with Crippen LogP contribution >= 0.6 is 0 Å². The summed E-state index contributed by atoms with van der Waals surface area (Å²) in [6.45, 7) is 0. The molecule has 0 fully saturated rings. The first-order valence-corrected chi connectivity index (χ1v) is 6.59. The Labute approximate surface area is 126 Å². The molecule has 0 aliphatic carbocycles. The monoisotopic (exact) mass is 292 g/mol. The van der Waals surface area contributed by atoms with Crippen molar-refractivity contribution in [3.63, 3.8) is 0 Å². The van der Waals surface area contributed by atoms with Gasteiger partial charge in [-0.1, -0.05) is 30.3 Å². The van der Waals surface area contributed by atoms with Crippen molar-refractivity contribution in [2.75, 3.05) is 7.11 Å². The maximum atomic E-state index is 11.8. The van der Waals surface area contributed by atoms with Gasteiger partial charge in [0.15, 0.2) is 5.70 Å². The van der Waals surface area contributed by atoms with Crippen molar-refractivity contribution in [1.29, 1.82) is 0 Å². The molecule has 0 saturated carbocycles. The predicted octanol–water partition coefficient (Wildman–Crippen LogP) is 4.14. The highest BCUT2D eigenvalue weighted by molar-refractivity contribution is 6.03. The van der Waals surface area contributed by atoms with Crippen LogP contribution in [0.15, 0.2) is 80.8 Å². The van der Waals surface area contributed by atoms with E-state index < -0.39 is 5.91 Å². The summed E-state index contributed by atoms with van der Waals surface area (Å²) in [5.41, 5.74) is 1.96. The number of methoxy groups -OCH3 is 1. The normalized spacial score (nSPS) is 14.1. The van der Waals surface area contributed by atoms with Crippen molar-refractivity contribution in [1.82, 2.24) is 0 Å². The molecule has 6 nitrogen and oxygen atoms in total. The first kappa shape index (κ1) is 13.8. The highest BCUT2D eigenvalue weighted by Gasteiger charge is 2.22. The lowest BCUT2D eigenvalue weighted by Crippen LogP contribution is -1.92. The second-order valence-electron chi connectivity index (χ2n) is 4.47. The van der Waals surface area contributed by atoms with E-state index in [-0.39, 0.29) is 5.70 Å². The van der Waals surface area contributed by atoms with Gasteiger partial charge in [-0.3, -0.25) is 4.79 Å². The van der Waals surface area contributed by atoms with Gasteiger partial charge in [-0.15, -0.1) is 15.3 Å². The molecule has 0 radical (unpaired) electrons. The standard InChI is InChI=1S/C16H12N4O2/c1-22-13-9-7-12(8-10-13)17-19-15-14(18-20-16(15)21)11-5-3-2-4-6-11/h2-10H,1H3. The van der Waals surface area contributed by atoms with E-state index in [1.807, 2.05) is 30.3 Å². The van der Waals surface area contributed by atoms with Crippen LogP contribution in [0.5, 0.6) is 5.75 Å². The van der Waals surface area contributed by atoms with Gasteiger partial charge in [0.1, 0.15) is 11.4 Å². The van der Waals surface area contributed by atoms with E-state index in [4.69, 9.17) is 4.74 Å². The first-order valence-electron chi connectivity index (χ1n) is 6.59. The van der Waals surface area contributed by atoms with Gasteiger partial charge in [-0.2, -0.15) is 5.11 Å². The molecule has 6 heteroatoms. The number of amides is 1. The maximum absolute atomic E-state index is 11.8. The van der Waals surface area contributed by atoms with E-state index in [0.717, 1.165) is 11.3 Å². The molecule has 0 bridgehead atoms. The second-order valence-corrected chi connectivity index (χ2v) is 4.47. The summed E-state index contributed by atoms with van der Waals surface area (Å²) in [7, 11) is 1.59. The van der Waals surface area contributed by atoms with E-state index in [1.54, 1.807) is 31.4 Å². The lowest BCUT2D eigenvalue weighted by atomic mass is 10.1. The molecule has 0 aromatic heterocycles. The predicted molar refractivity (Wildman–Crippen MR) is 80.7 cm³/mol. The number of azo groups is 2. The summed E-state index contributed by atoms with van der Waals surface area (Å²) in [6, 6.07) is 16.3. The van der Waals surface area contributed by atoms with Crippen LogP contribution < -0.4 is 4.74 Å². The van der Waals surface area contributed by atoms with Gasteiger partial charge in [0, 0.05) is 5.56 Å². The van der Waals surface area contributed by atoms with E-state index in [0.29, 0.717) is 11.4 Å². The maximum Gasteiger partial charge on any atom is 0.318 e. The van der Waals surface area contributed by atoms with Crippen molar-refractivity contribution < 1.29 is 9.53 Å². The number of carbonyl (C=O) groups is 1. The molecule has 1 aliphatic heterocycles. The number of rotatable bonds is 4. The summed E-state index contributed by atoms with van der Waals surface area (Å²) >= 11 is 0. The Kier molecular flexibility index (Phi) is 3.82. The largest absolute Gasteiger partial charge is 0.497 e. The van der Waals surface area contributed by atoms with Crippen LogP contribution in [0.2, 0.25) is 0 Å². The van der Waals surface area contributed by atoms with Crippen LogP contribution in [0, 0.1) is 0 Å². The molecule has 0 unspecified atom stereocenters.